The summed E-state index contributed by atoms with van der Waals surface area (Å²) in [5.74, 6) is 1.79. The molecule has 0 radical (unpaired) electrons. The lowest BCUT2D eigenvalue weighted by Gasteiger charge is -1.99. The molecule has 1 aromatic carbocycles. The van der Waals surface area contributed by atoms with E-state index in [1.165, 1.54) is 0 Å². The molecule has 2 rings (SSSR count). The van der Waals surface area contributed by atoms with Crippen LogP contribution in [0.15, 0.2) is 22.6 Å². The lowest BCUT2D eigenvalue weighted by Crippen LogP contribution is -1.85. The summed E-state index contributed by atoms with van der Waals surface area (Å²) in [5.41, 5.74) is 1.54. The fourth-order valence-electron chi connectivity index (χ4n) is 1.43. The van der Waals surface area contributed by atoms with E-state index in [2.05, 4.69) is 10.2 Å². The van der Waals surface area contributed by atoms with Gasteiger partial charge in [-0.2, -0.15) is 0 Å². The monoisotopic (exact) mass is 252 g/mol. The maximum Gasteiger partial charge on any atom is 0.247 e. The SMILES string of the molecule is Cc1ccc(-c2nnc(CCCCl)o2)cc1O. The molecule has 0 bridgehead atoms. The zero-order valence-electron chi connectivity index (χ0n) is 9.48. The molecule has 0 saturated carbocycles. The zero-order chi connectivity index (χ0) is 12.3. The molecule has 0 aliphatic heterocycles. The fraction of sp³-hybridized carbons (Fsp3) is 0.333. The molecule has 5 heteroatoms. The van der Waals surface area contributed by atoms with Crippen LogP contribution in [0.25, 0.3) is 11.5 Å². The number of rotatable bonds is 4. The molecular formula is C12H13ClN2O2. The minimum Gasteiger partial charge on any atom is -0.508 e. The summed E-state index contributed by atoms with van der Waals surface area (Å²) in [4.78, 5) is 0. The van der Waals surface area contributed by atoms with Gasteiger partial charge in [-0.15, -0.1) is 21.8 Å². The standard InChI is InChI=1S/C12H13ClN2O2/c1-8-4-5-9(7-10(8)16)12-15-14-11(17-12)3-2-6-13/h4-5,7,16H,2-3,6H2,1H3. The average Bonchev–Trinajstić information content (AvgIpc) is 2.79. The van der Waals surface area contributed by atoms with Crippen molar-refractivity contribution in [1.82, 2.24) is 10.2 Å². The van der Waals surface area contributed by atoms with E-state index in [0.29, 0.717) is 24.1 Å². The molecule has 1 aromatic heterocycles. The van der Waals surface area contributed by atoms with Gasteiger partial charge in [0.25, 0.3) is 0 Å². The topological polar surface area (TPSA) is 59.2 Å². The van der Waals surface area contributed by atoms with Crippen molar-refractivity contribution in [2.45, 2.75) is 19.8 Å². The Morgan fingerprint density at radius 2 is 2.18 bits per heavy atom. The zero-order valence-corrected chi connectivity index (χ0v) is 10.2. The van der Waals surface area contributed by atoms with Crippen molar-refractivity contribution in [3.63, 3.8) is 0 Å². The highest BCUT2D eigenvalue weighted by molar-refractivity contribution is 6.17. The van der Waals surface area contributed by atoms with E-state index >= 15 is 0 Å². The number of aryl methyl sites for hydroxylation is 2. The largest absolute Gasteiger partial charge is 0.508 e. The van der Waals surface area contributed by atoms with Crippen molar-refractivity contribution in [3.8, 4) is 17.2 Å². The molecule has 4 nitrogen and oxygen atoms in total. The van der Waals surface area contributed by atoms with Gasteiger partial charge >= 0.3 is 0 Å². The molecule has 0 aliphatic rings. The maximum absolute atomic E-state index is 9.60. The van der Waals surface area contributed by atoms with Crippen LogP contribution < -0.4 is 0 Å². The van der Waals surface area contributed by atoms with E-state index in [1.807, 2.05) is 19.1 Å². The summed E-state index contributed by atoms with van der Waals surface area (Å²) in [6.07, 6.45) is 1.48. The lowest BCUT2D eigenvalue weighted by atomic mass is 10.1. The highest BCUT2D eigenvalue weighted by Crippen LogP contribution is 2.25. The number of aromatic nitrogens is 2. The first-order valence-corrected chi connectivity index (χ1v) is 5.92. The third-order valence-electron chi connectivity index (χ3n) is 2.45. The normalized spacial score (nSPS) is 10.7. The Balaban J connectivity index is 2.21. The lowest BCUT2D eigenvalue weighted by molar-refractivity contribution is 0.470. The number of alkyl halides is 1. The van der Waals surface area contributed by atoms with Crippen LogP contribution in [0.1, 0.15) is 17.9 Å². The molecule has 0 saturated heterocycles. The predicted molar refractivity (Wildman–Crippen MR) is 65.2 cm³/mol. The Bertz CT molecular complexity index is 511. The second-order valence-corrected chi connectivity index (χ2v) is 4.17. The first-order valence-electron chi connectivity index (χ1n) is 5.39. The van der Waals surface area contributed by atoms with E-state index in [0.717, 1.165) is 17.5 Å². The van der Waals surface area contributed by atoms with Gasteiger partial charge in [-0.05, 0) is 31.0 Å². The second kappa shape index (κ2) is 5.19. The van der Waals surface area contributed by atoms with Gasteiger partial charge in [0.1, 0.15) is 5.75 Å². The second-order valence-electron chi connectivity index (χ2n) is 3.79. The number of phenolic OH excluding ortho intramolecular Hbond substituents is 1. The van der Waals surface area contributed by atoms with Gasteiger partial charge in [0.05, 0.1) is 0 Å². The van der Waals surface area contributed by atoms with Crippen LogP contribution >= 0.6 is 11.6 Å². The molecule has 17 heavy (non-hydrogen) atoms. The number of halogens is 1. The van der Waals surface area contributed by atoms with E-state index in [-0.39, 0.29) is 5.75 Å². The molecule has 1 heterocycles. The molecule has 0 unspecified atom stereocenters. The van der Waals surface area contributed by atoms with Crippen LogP contribution in [-0.2, 0) is 6.42 Å². The van der Waals surface area contributed by atoms with Gasteiger partial charge in [0, 0.05) is 17.9 Å². The van der Waals surface area contributed by atoms with Gasteiger partial charge in [-0.3, -0.25) is 0 Å². The van der Waals surface area contributed by atoms with Gasteiger partial charge in [0.15, 0.2) is 0 Å². The Hall–Kier alpha value is -1.55. The predicted octanol–water partition coefficient (Wildman–Crippen LogP) is 2.92. The third-order valence-corrected chi connectivity index (χ3v) is 2.71. The van der Waals surface area contributed by atoms with Crippen LogP contribution in [0, 0.1) is 6.92 Å². The summed E-state index contributed by atoms with van der Waals surface area (Å²) in [5, 5.41) is 17.5. The first-order chi connectivity index (χ1) is 8.20. The average molecular weight is 253 g/mol. The van der Waals surface area contributed by atoms with Crippen LogP contribution in [0.3, 0.4) is 0 Å². The van der Waals surface area contributed by atoms with E-state index in [1.54, 1.807) is 6.07 Å². The minimum atomic E-state index is 0.225. The minimum absolute atomic E-state index is 0.225. The molecule has 0 spiro atoms. The number of nitrogens with zero attached hydrogens (tertiary/aromatic N) is 2. The van der Waals surface area contributed by atoms with Gasteiger partial charge < -0.3 is 9.52 Å². The summed E-state index contributed by atoms with van der Waals surface area (Å²) >= 11 is 5.59. The quantitative estimate of drug-likeness (QED) is 0.850. The van der Waals surface area contributed by atoms with E-state index in [9.17, 15) is 5.11 Å². The maximum atomic E-state index is 9.60. The van der Waals surface area contributed by atoms with Crippen molar-refractivity contribution in [2.24, 2.45) is 0 Å². The van der Waals surface area contributed by atoms with Crippen LogP contribution in [0.5, 0.6) is 5.75 Å². The van der Waals surface area contributed by atoms with Crippen LogP contribution in [-0.4, -0.2) is 21.2 Å². The highest BCUT2D eigenvalue weighted by atomic mass is 35.5. The molecule has 90 valence electrons. The Kier molecular flexibility index (Phi) is 3.64. The Labute approximate surface area is 104 Å². The highest BCUT2D eigenvalue weighted by Gasteiger charge is 2.09. The smallest absolute Gasteiger partial charge is 0.247 e. The molecular weight excluding hydrogens is 240 g/mol. The number of aromatic hydroxyl groups is 1. The molecule has 0 amide bonds. The molecule has 0 fully saturated rings. The summed E-state index contributed by atoms with van der Waals surface area (Å²) in [7, 11) is 0. The molecule has 2 aromatic rings. The van der Waals surface area contributed by atoms with Crippen molar-refractivity contribution in [1.29, 1.82) is 0 Å². The van der Waals surface area contributed by atoms with Crippen LogP contribution in [0.4, 0.5) is 0 Å². The Morgan fingerprint density at radius 3 is 2.88 bits per heavy atom. The molecule has 0 aliphatic carbocycles. The van der Waals surface area contributed by atoms with Gasteiger partial charge in [-0.25, -0.2) is 0 Å². The third kappa shape index (κ3) is 2.77. The van der Waals surface area contributed by atoms with Crippen molar-refractivity contribution in [3.05, 3.63) is 29.7 Å². The number of hydrogen-bond donors (Lipinski definition) is 1. The molecule has 0 atom stereocenters. The summed E-state index contributed by atoms with van der Waals surface area (Å²) < 4.78 is 5.47. The number of hydrogen-bond acceptors (Lipinski definition) is 4. The number of phenols is 1. The Morgan fingerprint density at radius 1 is 1.35 bits per heavy atom. The van der Waals surface area contributed by atoms with E-state index < -0.39 is 0 Å². The van der Waals surface area contributed by atoms with Crippen LogP contribution in [0.2, 0.25) is 0 Å². The van der Waals surface area contributed by atoms with Crippen molar-refractivity contribution in [2.75, 3.05) is 5.88 Å². The van der Waals surface area contributed by atoms with E-state index in [4.69, 9.17) is 16.0 Å². The summed E-state index contributed by atoms with van der Waals surface area (Å²) in [6, 6.07) is 5.27. The number of benzene rings is 1. The van der Waals surface area contributed by atoms with Gasteiger partial charge in [-0.1, -0.05) is 6.07 Å². The van der Waals surface area contributed by atoms with Crippen molar-refractivity contribution >= 4 is 11.6 Å². The fourth-order valence-corrected chi connectivity index (χ4v) is 1.57. The molecule has 1 N–H and O–H groups in total. The first kappa shape index (κ1) is 11.9. The van der Waals surface area contributed by atoms with Gasteiger partial charge in [0.2, 0.25) is 11.8 Å². The summed E-state index contributed by atoms with van der Waals surface area (Å²) in [6.45, 7) is 1.83. The van der Waals surface area contributed by atoms with Crippen molar-refractivity contribution < 1.29 is 9.52 Å².